The minimum Gasteiger partial charge on any atom is -0.445 e. The third kappa shape index (κ3) is 25.3. The largest absolute Gasteiger partial charge is 0.445 e. The van der Waals surface area contributed by atoms with Gasteiger partial charge in [0.05, 0.1) is 68.8 Å². The minimum absolute atomic E-state index is 0. The van der Waals surface area contributed by atoms with Crippen LogP contribution in [0.3, 0.4) is 0 Å². The van der Waals surface area contributed by atoms with Gasteiger partial charge in [0.25, 0.3) is 37.0 Å². The van der Waals surface area contributed by atoms with E-state index >= 15 is 0 Å². The molecule has 0 unspecified atom stereocenters. The molecule has 0 bridgehead atoms. The molecule has 0 radical (unpaired) electrons. The number of imidazole rings is 3. The van der Waals surface area contributed by atoms with Gasteiger partial charge >= 0.3 is 6.09 Å². The number of hydrogen-bond acceptors (Lipinski definition) is 20. The van der Waals surface area contributed by atoms with Gasteiger partial charge in [-0.15, -0.1) is 51.0 Å². The average Bonchev–Trinajstić information content (AvgIpc) is 1.62. The molecule has 7 amide bonds. The van der Waals surface area contributed by atoms with Gasteiger partial charge in [-0.25, -0.2) is 61.0 Å². The number of amides is 7. The van der Waals surface area contributed by atoms with Crippen LogP contribution in [0.1, 0.15) is 192 Å². The van der Waals surface area contributed by atoms with E-state index in [0.29, 0.717) is 118 Å². The first-order chi connectivity index (χ1) is 66.0. The van der Waals surface area contributed by atoms with Gasteiger partial charge in [-0.05, 0) is 198 Å². The van der Waals surface area contributed by atoms with Gasteiger partial charge in [0.15, 0.2) is 15.0 Å². The standard InChI is InChI=1S/C38H38F2N6O4S.C30H33BrF2N6O2S.C30H32F2N6O2S.C3H3ClO.BrH/c1-6-32(47)44-17-16-26-13-14-27(19-30(26)44)46-29-15-12-25(18-28(29)42-36(46)43-34(48)31-20-41-35(51-31)33(39)40)21-45(23(2)38(3,4)5)37(49)50-22-24-10-8-7-9-11-24;1-17(30(2,3)4)34-15-18-5-8-22-21(13-18)36-29(37-27(41)24-16-35-28(42-24)26(32)33)39(22)20-7-6-19-10-12-38(23(19)14-20)25(40)9-11-31;1-6-25(39)37-12-11-19-8-9-20(14-23(19)37)38-22-10-7-18(15-33-17(2)30(3,4)5)13-21(22)35-29(38)36-27(40)24-16-34-28(41-24)26(31)32;1-2-3(4)5;/h6-15,18-20,23,33H,1,16-17,21-22H2,2-5H3,(H,42,43,48);5-8,13-14,16-17,26,34H,9-12,15H2,1-4H3,(H,36,37,41);6-10,13-14,16-17,26,33H,1,11-12,15H2,2-5H3,(H,35,36,40);2H,1H2;1H/t23-;2*17-;;/m000../s1. The zero-order valence-corrected chi connectivity index (χ0v) is 85.5. The van der Waals surface area contributed by atoms with Crippen molar-refractivity contribution in [2.45, 2.75) is 172 Å². The lowest BCUT2D eigenvalue weighted by molar-refractivity contribution is -0.118. The zero-order valence-electron chi connectivity index (χ0n) is 79.0. The summed E-state index contributed by atoms with van der Waals surface area (Å²) in [5.41, 5.74) is 15.1. The van der Waals surface area contributed by atoms with Crippen LogP contribution in [0.2, 0.25) is 0 Å². The summed E-state index contributed by atoms with van der Waals surface area (Å²) in [6.45, 7) is 39.2. The third-order valence-electron chi connectivity index (χ3n) is 24.3. The molecule has 3 aliphatic rings. The van der Waals surface area contributed by atoms with E-state index in [4.69, 9.17) is 31.3 Å². The number of fused-ring (bicyclic) bond motifs is 6. The highest BCUT2D eigenvalue weighted by Gasteiger charge is 2.35. The van der Waals surface area contributed by atoms with Crippen molar-refractivity contribution in [2.24, 2.45) is 16.2 Å². The number of ether oxygens (including phenoxy) is 1. The van der Waals surface area contributed by atoms with E-state index in [1.807, 2.05) is 151 Å². The Kier molecular flexibility index (Phi) is 34.9. The number of benzene rings is 7. The molecule has 13 aromatic rings. The van der Waals surface area contributed by atoms with Crippen LogP contribution in [-0.4, -0.2) is 138 Å². The highest BCUT2D eigenvalue weighted by molar-refractivity contribution is 9.09. The molecule has 0 saturated heterocycles. The number of carbonyl (C=O) groups excluding carboxylic acids is 8. The molecular weight excluding hydrogens is 2010 g/mol. The van der Waals surface area contributed by atoms with Gasteiger partial charge in [0.1, 0.15) is 21.2 Å². The molecule has 39 heteroatoms. The van der Waals surface area contributed by atoms with Crippen LogP contribution >= 0.6 is 78.5 Å². The zero-order chi connectivity index (χ0) is 100. The van der Waals surface area contributed by atoms with Crippen molar-refractivity contribution in [3.8, 4) is 17.1 Å². The maximum Gasteiger partial charge on any atom is 0.410 e. The van der Waals surface area contributed by atoms with Crippen LogP contribution < -0.4 is 41.3 Å². The van der Waals surface area contributed by atoms with Gasteiger partial charge in [-0.3, -0.25) is 63.2 Å². The average molecular weight is 2120 g/mol. The number of nitrogens with zero attached hydrogens (tertiary/aromatic N) is 13. The Morgan fingerprint density at radius 3 is 1.16 bits per heavy atom. The topological polar surface area (TPSA) is 311 Å². The van der Waals surface area contributed by atoms with Gasteiger partial charge in [0, 0.05) is 86.2 Å². The monoisotopic (exact) mass is 2120 g/mol. The lowest BCUT2D eigenvalue weighted by atomic mass is 9.87. The highest BCUT2D eigenvalue weighted by Crippen LogP contribution is 2.41. The van der Waals surface area contributed by atoms with Gasteiger partial charge in [-0.2, -0.15) is 0 Å². The number of nitrogens with one attached hydrogen (secondary N) is 5. The van der Waals surface area contributed by atoms with E-state index in [9.17, 15) is 64.7 Å². The Morgan fingerprint density at radius 2 is 0.829 bits per heavy atom. The van der Waals surface area contributed by atoms with Gasteiger partial charge < -0.3 is 35.0 Å². The van der Waals surface area contributed by atoms with Crippen molar-refractivity contribution in [2.75, 3.05) is 55.6 Å². The number of alkyl halides is 7. The van der Waals surface area contributed by atoms with E-state index in [0.717, 1.165) is 110 Å². The Morgan fingerprint density at radius 1 is 0.479 bits per heavy atom. The summed E-state index contributed by atoms with van der Waals surface area (Å²) in [5, 5.41) is 14.3. The number of rotatable bonds is 28. The maximum atomic E-state index is 13.6. The Labute approximate surface area is 841 Å². The molecule has 3 aliphatic heterocycles. The lowest BCUT2D eigenvalue weighted by Crippen LogP contribution is -2.45. The van der Waals surface area contributed by atoms with Gasteiger partial charge in [0.2, 0.25) is 40.8 Å². The molecule has 3 atom stereocenters. The van der Waals surface area contributed by atoms with Crippen molar-refractivity contribution in [1.29, 1.82) is 0 Å². The highest BCUT2D eigenvalue weighted by atomic mass is 79.9. The molecule has 0 aliphatic carbocycles. The van der Waals surface area contributed by atoms with Crippen molar-refractivity contribution >= 4 is 193 Å². The molecule has 0 saturated carbocycles. The smallest absolute Gasteiger partial charge is 0.410 e. The summed E-state index contributed by atoms with van der Waals surface area (Å²) in [4.78, 5) is 133. The first-order valence-corrected chi connectivity index (χ1v) is 48.6. The summed E-state index contributed by atoms with van der Waals surface area (Å²) in [7, 11) is 0. The number of aromatic nitrogens is 9. The summed E-state index contributed by atoms with van der Waals surface area (Å²) in [5.74, 6) is -1.58. The van der Waals surface area contributed by atoms with E-state index in [1.54, 1.807) is 28.7 Å². The quantitative estimate of drug-likeness (QED) is 0.0132. The number of halogens is 9. The number of hydrogen-bond donors (Lipinski definition) is 5. The summed E-state index contributed by atoms with van der Waals surface area (Å²) in [6.07, 6.45) is 0.801. The van der Waals surface area contributed by atoms with Crippen molar-refractivity contribution in [3.63, 3.8) is 0 Å². The van der Waals surface area contributed by atoms with Crippen molar-refractivity contribution in [1.82, 2.24) is 59.1 Å². The second-order valence-electron chi connectivity index (χ2n) is 36.5. The predicted molar refractivity (Wildman–Crippen MR) is 549 cm³/mol. The Balaban J connectivity index is 0.000000184. The minimum atomic E-state index is -2.80. The molecule has 9 heterocycles. The number of anilines is 6. The fourth-order valence-corrected chi connectivity index (χ4v) is 17.7. The van der Waals surface area contributed by atoms with Crippen molar-refractivity contribution < 1.29 is 69.4 Å². The second-order valence-corrected chi connectivity index (χ2v) is 40.8. The van der Waals surface area contributed by atoms with Crippen LogP contribution in [-0.2, 0) is 69.4 Å². The summed E-state index contributed by atoms with van der Waals surface area (Å²) >= 11 is 9.96. The molecule has 0 spiro atoms. The maximum absolute atomic E-state index is 13.6. The van der Waals surface area contributed by atoms with E-state index < -0.39 is 63.4 Å². The SMILES string of the molecule is Br.C=CC(=O)Cl.C=CC(=O)N1CCc2ccc(-n3c(NC(=O)c4cnc(C(F)F)s4)nc4cc(CN(C(=O)OCc5ccccc5)[C@@H](C)C(C)(C)C)ccc43)cc21.C=CC(=O)N1CCc2ccc(-n3c(NC(=O)c4cnc(C(F)F)s4)nc4cc(CN[C@@H](C)C(C)(C)C)ccc43)cc21.C[C@H](NCc1ccc2c(c1)nc(NC(=O)c1cnc(C(F)F)s1)n2-c1ccc2c(c1)N(C(=O)CCBr)CC2)C(C)(C)C. The van der Waals surface area contributed by atoms with Crippen LogP contribution in [0.4, 0.5) is 66.0 Å². The summed E-state index contributed by atoms with van der Waals surface area (Å²) in [6, 6.07) is 44.6. The molecule has 5 N–H and O–H groups in total. The van der Waals surface area contributed by atoms with Crippen LogP contribution in [0.5, 0.6) is 0 Å². The van der Waals surface area contributed by atoms with Gasteiger partial charge in [-0.1, -0.05) is 165 Å². The first-order valence-electron chi connectivity index (χ1n) is 44.6. The lowest BCUT2D eigenvalue weighted by Gasteiger charge is -2.37. The molecule has 16 rings (SSSR count). The van der Waals surface area contributed by atoms with E-state index in [-0.39, 0.29) is 115 Å². The molecular formula is C101H107Br2ClF6N18O9S3. The Bertz CT molecular complexity index is 6800. The van der Waals surface area contributed by atoms with Crippen LogP contribution in [0, 0.1) is 16.2 Å². The van der Waals surface area contributed by atoms with Crippen LogP contribution in [0.25, 0.3) is 50.2 Å². The normalized spacial score (nSPS) is 13.4. The molecule has 7 aromatic carbocycles. The van der Waals surface area contributed by atoms with Crippen LogP contribution in [0.15, 0.2) is 196 Å². The molecule has 140 heavy (non-hydrogen) atoms. The fraction of sp³-hybridized carbons (Fsp3) is 0.327. The first kappa shape index (κ1) is 106. The predicted octanol–water partition coefficient (Wildman–Crippen LogP) is 23.0. The molecule has 27 nitrogen and oxygen atoms in total. The number of carbonyl (C=O) groups is 8. The number of thiazole rings is 3. The number of allylic oxidation sites excluding steroid dienone is 1. The van der Waals surface area contributed by atoms with E-state index in [1.165, 1.54) is 12.2 Å². The van der Waals surface area contributed by atoms with Crippen molar-refractivity contribution in [3.05, 3.63) is 265 Å². The summed E-state index contributed by atoms with van der Waals surface area (Å²) < 4.78 is 90.1. The van der Waals surface area contributed by atoms with E-state index in [2.05, 4.69) is 153 Å². The molecule has 6 aromatic heterocycles. The third-order valence-corrected chi connectivity index (χ3v) is 27.9. The Hall–Kier alpha value is -12.4. The molecule has 0 fully saturated rings. The fourth-order valence-electron chi connectivity index (χ4n) is 15.4. The molecule has 736 valence electrons. The second kappa shape index (κ2) is 45.9.